The Morgan fingerprint density at radius 1 is 0.927 bits per heavy atom. The molecule has 0 bridgehead atoms. The summed E-state index contributed by atoms with van der Waals surface area (Å²) in [6.45, 7) is 2.29. The van der Waals surface area contributed by atoms with E-state index < -0.39 is 0 Å². The predicted molar refractivity (Wildman–Crippen MR) is 163 cm³/mol. The first-order chi connectivity index (χ1) is 19.9. The Bertz CT molecular complexity index is 1620. The molecule has 0 radical (unpaired) electrons. The molecule has 1 N–H and O–H groups in total. The number of benzene rings is 2. The summed E-state index contributed by atoms with van der Waals surface area (Å²) in [5.41, 5.74) is 4.53. The summed E-state index contributed by atoms with van der Waals surface area (Å²) in [4.78, 5) is 51.3. The Morgan fingerprint density at radius 3 is 2.44 bits per heavy atom. The van der Waals surface area contributed by atoms with Crippen LogP contribution in [0.3, 0.4) is 0 Å². The van der Waals surface area contributed by atoms with Crippen LogP contribution in [0, 0.1) is 0 Å². The monoisotopic (exact) mass is 565 g/mol. The van der Waals surface area contributed by atoms with Crippen LogP contribution in [-0.2, 0) is 6.42 Å². The summed E-state index contributed by atoms with van der Waals surface area (Å²) >= 11 is 1.48. The van der Waals surface area contributed by atoms with Gasteiger partial charge in [-0.2, -0.15) is 0 Å². The van der Waals surface area contributed by atoms with Crippen molar-refractivity contribution in [3.05, 3.63) is 94.5 Å². The molecule has 208 valence electrons. The minimum Gasteiger partial charge on any atom is -0.356 e. The molecule has 2 aromatic heterocycles. The largest absolute Gasteiger partial charge is 0.356 e. The van der Waals surface area contributed by atoms with Crippen molar-refractivity contribution >= 4 is 46.3 Å². The fourth-order valence-corrected chi connectivity index (χ4v) is 6.70. The number of thiophene rings is 1. The lowest BCUT2D eigenvalue weighted by molar-refractivity contribution is 0.0831. The summed E-state index contributed by atoms with van der Waals surface area (Å²) in [5, 5.41) is 2.96. The Hall–Kier alpha value is -4.50. The summed E-state index contributed by atoms with van der Waals surface area (Å²) in [5.74, 6) is 0.356. The SMILES string of the molecule is CN(C)C(=O)c1cc2c(s1)-c1ccccc1N(C(=O)c1ccc(NC(=O)c3cccnc3N3CCCC3)cc1)CC2. The van der Waals surface area contributed by atoms with Crippen molar-refractivity contribution in [2.24, 2.45) is 0 Å². The lowest BCUT2D eigenvalue weighted by Gasteiger charge is -2.23. The smallest absolute Gasteiger partial charge is 0.263 e. The number of hydrogen-bond acceptors (Lipinski definition) is 6. The van der Waals surface area contributed by atoms with Gasteiger partial charge in [-0.15, -0.1) is 11.3 Å². The number of hydrogen-bond donors (Lipinski definition) is 1. The van der Waals surface area contributed by atoms with Gasteiger partial charge < -0.3 is 20.0 Å². The van der Waals surface area contributed by atoms with Gasteiger partial charge in [0.25, 0.3) is 17.7 Å². The van der Waals surface area contributed by atoms with E-state index in [0.717, 1.165) is 47.6 Å². The molecule has 8 nitrogen and oxygen atoms in total. The van der Waals surface area contributed by atoms with Gasteiger partial charge in [0.15, 0.2) is 0 Å². The van der Waals surface area contributed by atoms with Gasteiger partial charge in [0.1, 0.15) is 5.82 Å². The van der Waals surface area contributed by atoms with Crippen molar-refractivity contribution in [1.82, 2.24) is 9.88 Å². The summed E-state index contributed by atoms with van der Waals surface area (Å²) in [6.07, 6.45) is 4.55. The van der Waals surface area contributed by atoms with Gasteiger partial charge in [0, 0.05) is 61.6 Å². The van der Waals surface area contributed by atoms with E-state index in [4.69, 9.17) is 0 Å². The minimum atomic E-state index is -0.223. The van der Waals surface area contributed by atoms with Crippen LogP contribution in [0.15, 0.2) is 72.9 Å². The third-order valence-electron chi connectivity index (χ3n) is 7.54. The second-order valence-corrected chi connectivity index (χ2v) is 11.5. The van der Waals surface area contributed by atoms with E-state index in [1.54, 1.807) is 66.5 Å². The highest BCUT2D eigenvalue weighted by Crippen LogP contribution is 2.42. The molecule has 2 aliphatic heterocycles. The maximum Gasteiger partial charge on any atom is 0.263 e. The quantitative estimate of drug-likeness (QED) is 0.342. The van der Waals surface area contributed by atoms with Crippen LogP contribution in [0.4, 0.5) is 17.2 Å². The fourth-order valence-electron chi connectivity index (χ4n) is 5.44. The van der Waals surface area contributed by atoms with Gasteiger partial charge in [0.05, 0.1) is 16.1 Å². The third-order valence-corrected chi connectivity index (χ3v) is 8.74. The molecule has 9 heteroatoms. The zero-order chi connectivity index (χ0) is 28.5. The zero-order valence-electron chi connectivity index (χ0n) is 23.1. The molecule has 2 aliphatic rings. The zero-order valence-corrected chi connectivity index (χ0v) is 23.9. The van der Waals surface area contributed by atoms with Crippen molar-refractivity contribution in [1.29, 1.82) is 0 Å². The number of para-hydroxylation sites is 1. The fraction of sp³-hybridized carbons (Fsp3) is 0.250. The van der Waals surface area contributed by atoms with Crippen LogP contribution in [0.5, 0.6) is 0 Å². The average molecular weight is 566 g/mol. The van der Waals surface area contributed by atoms with E-state index in [2.05, 4.69) is 15.2 Å². The maximum atomic E-state index is 13.8. The van der Waals surface area contributed by atoms with E-state index >= 15 is 0 Å². The number of anilines is 3. The van der Waals surface area contributed by atoms with Crippen LogP contribution in [0.2, 0.25) is 0 Å². The van der Waals surface area contributed by atoms with Crippen LogP contribution in [-0.4, -0.2) is 61.3 Å². The molecular weight excluding hydrogens is 534 g/mol. The standard InChI is InChI=1S/C32H31N5O3S/c1-35(2)32(40)27-20-22-15-19-37(26-10-4-3-8-24(26)28(22)41-27)31(39)21-11-13-23(14-12-21)34-30(38)25-9-7-16-33-29(25)36-17-5-6-18-36/h3-4,7-14,16,20H,5-6,15,17-19H2,1-2H3,(H,34,38). The number of aromatic nitrogens is 1. The molecule has 41 heavy (non-hydrogen) atoms. The molecule has 1 fully saturated rings. The Balaban J connectivity index is 1.21. The summed E-state index contributed by atoms with van der Waals surface area (Å²) < 4.78 is 0. The summed E-state index contributed by atoms with van der Waals surface area (Å²) in [6, 6.07) is 20.4. The molecule has 4 heterocycles. The van der Waals surface area contributed by atoms with E-state index in [0.29, 0.717) is 40.5 Å². The lowest BCUT2D eigenvalue weighted by atomic mass is 10.1. The number of nitrogens with one attached hydrogen (secondary N) is 1. The van der Waals surface area contributed by atoms with Crippen molar-refractivity contribution in [3.8, 4) is 10.4 Å². The molecule has 2 aromatic carbocycles. The average Bonchev–Trinajstić information content (AvgIpc) is 3.66. The van der Waals surface area contributed by atoms with Gasteiger partial charge in [-0.05, 0) is 73.4 Å². The Kier molecular flexibility index (Phi) is 7.28. The highest BCUT2D eigenvalue weighted by Gasteiger charge is 2.28. The maximum absolute atomic E-state index is 13.8. The normalized spacial score (nSPS) is 14.2. The second kappa shape index (κ2) is 11.2. The van der Waals surface area contributed by atoms with E-state index in [1.165, 1.54) is 11.3 Å². The number of carbonyl (C=O) groups is 3. The van der Waals surface area contributed by atoms with E-state index in [9.17, 15) is 14.4 Å². The highest BCUT2D eigenvalue weighted by atomic mass is 32.1. The molecule has 0 aliphatic carbocycles. The minimum absolute atomic E-state index is 0.0172. The third kappa shape index (κ3) is 5.20. The van der Waals surface area contributed by atoms with Crippen LogP contribution in [0.25, 0.3) is 10.4 Å². The number of rotatable bonds is 5. The summed E-state index contributed by atoms with van der Waals surface area (Å²) in [7, 11) is 3.51. The number of pyridine rings is 1. The molecule has 0 atom stereocenters. The van der Waals surface area contributed by atoms with Crippen molar-refractivity contribution in [3.63, 3.8) is 0 Å². The molecule has 0 saturated carbocycles. The van der Waals surface area contributed by atoms with Gasteiger partial charge in [-0.25, -0.2) is 4.98 Å². The topological polar surface area (TPSA) is 85.8 Å². The molecule has 6 rings (SSSR count). The molecular formula is C32H31N5O3S. The van der Waals surface area contributed by atoms with E-state index in [-0.39, 0.29) is 17.7 Å². The van der Waals surface area contributed by atoms with Crippen LogP contribution >= 0.6 is 11.3 Å². The van der Waals surface area contributed by atoms with Crippen LogP contribution < -0.4 is 15.1 Å². The first-order valence-electron chi connectivity index (χ1n) is 13.8. The number of fused-ring (bicyclic) bond motifs is 3. The van der Waals surface area contributed by atoms with Crippen molar-refractivity contribution < 1.29 is 14.4 Å². The van der Waals surface area contributed by atoms with Gasteiger partial charge >= 0.3 is 0 Å². The molecule has 0 spiro atoms. The Labute approximate surface area is 243 Å². The van der Waals surface area contributed by atoms with Gasteiger partial charge in [-0.1, -0.05) is 18.2 Å². The first-order valence-corrected chi connectivity index (χ1v) is 14.6. The first kappa shape index (κ1) is 26.7. The Morgan fingerprint density at radius 2 is 1.68 bits per heavy atom. The molecule has 4 aromatic rings. The number of amides is 3. The van der Waals surface area contributed by atoms with Crippen molar-refractivity contribution in [2.45, 2.75) is 19.3 Å². The lowest BCUT2D eigenvalue weighted by Crippen LogP contribution is -2.32. The second-order valence-electron chi connectivity index (χ2n) is 10.5. The van der Waals surface area contributed by atoms with Gasteiger partial charge in [-0.3, -0.25) is 14.4 Å². The predicted octanol–water partition coefficient (Wildman–Crippen LogP) is 5.57. The highest BCUT2D eigenvalue weighted by molar-refractivity contribution is 7.17. The van der Waals surface area contributed by atoms with E-state index in [1.807, 2.05) is 30.3 Å². The molecule has 1 saturated heterocycles. The molecule has 3 amide bonds. The van der Waals surface area contributed by atoms with Gasteiger partial charge in [0.2, 0.25) is 0 Å². The number of carbonyl (C=O) groups excluding carboxylic acids is 3. The van der Waals surface area contributed by atoms with Crippen molar-refractivity contribution in [2.75, 3.05) is 48.8 Å². The van der Waals surface area contributed by atoms with Crippen LogP contribution in [0.1, 0.15) is 48.8 Å². The number of nitrogens with zero attached hydrogens (tertiary/aromatic N) is 4. The molecule has 0 unspecified atom stereocenters.